The Morgan fingerprint density at radius 3 is 2.48 bits per heavy atom. The van der Waals surface area contributed by atoms with Gasteiger partial charge in [0.25, 0.3) is 0 Å². The van der Waals surface area contributed by atoms with Crippen molar-refractivity contribution in [1.82, 2.24) is 14.1 Å². The fraction of sp³-hybridized carbons (Fsp3) is 0.650. The molecule has 0 aliphatic carbocycles. The molecule has 1 aromatic rings. The maximum Gasteiger partial charge on any atom is 0.243 e. The van der Waals surface area contributed by atoms with E-state index in [-0.39, 0.29) is 5.91 Å². The highest BCUT2D eigenvalue weighted by atomic mass is 32.2. The predicted molar refractivity (Wildman–Crippen MR) is 106 cm³/mol. The van der Waals surface area contributed by atoms with Crippen LogP contribution in [0.25, 0.3) is 0 Å². The lowest BCUT2D eigenvalue weighted by Gasteiger charge is -2.36. The summed E-state index contributed by atoms with van der Waals surface area (Å²) in [6.07, 6.45) is 2.38. The first-order valence-electron chi connectivity index (χ1n) is 9.85. The Bertz CT molecular complexity index is 786. The first-order valence-corrected chi connectivity index (χ1v) is 11.3. The van der Waals surface area contributed by atoms with E-state index in [1.807, 2.05) is 30.9 Å². The van der Waals surface area contributed by atoms with Crippen LogP contribution in [-0.2, 0) is 14.8 Å². The van der Waals surface area contributed by atoms with Gasteiger partial charge in [-0.15, -0.1) is 0 Å². The summed E-state index contributed by atoms with van der Waals surface area (Å²) in [5.74, 6) is 0.763. The van der Waals surface area contributed by atoms with Crippen molar-refractivity contribution in [3.63, 3.8) is 0 Å². The van der Waals surface area contributed by atoms with Crippen LogP contribution in [-0.4, -0.2) is 74.2 Å². The molecule has 0 N–H and O–H groups in total. The number of carbonyl (C=O) groups excluding carboxylic acids is 1. The molecule has 1 atom stereocenters. The molecule has 1 aromatic carbocycles. The Labute approximate surface area is 163 Å². The molecule has 0 radical (unpaired) electrons. The molecular weight excluding hydrogens is 362 g/mol. The summed E-state index contributed by atoms with van der Waals surface area (Å²) >= 11 is 0. The topological polar surface area (TPSA) is 60.9 Å². The Balaban J connectivity index is 1.59. The summed E-state index contributed by atoms with van der Waals surface area (Å²) in [6.45, 7) is 10.0. The normalized spacial score (nSPS) is 22.8. The lowest BCUT2D eigenvalue weighted by molar-refractivity contribution is -0.134. The monoisotopic (exact) mass is 393 g/mol. The van der Waals surface area contributed by atoms with Gasteiger partial charge in [0.2, 0.25) is 15.9 Å². The number of rotatable bonds is 4. The lowest BCUT2D eigenvalue weighted by Crippen LogP contribution is -2.53. The van der Waals surface area contributed by atoms with E-state index in [2.05, 4.69) is 11.8 Å². The van der Waals surface area contributed by atoms with Gasteiger partial charge in [-0.25, -0.2) is 8.42 Å². The van der Waals surface area contributed by atoms with Gasteiger partial charge in [0.15, 0.2) is 0 Å². The average molecular weight is 394 g/mol. The summed E-state index contributed by atoms with van der Waals surface area (Å²) in [6, 6.07) is 5.51. The summed E-state index contributed by atoms with van der Waals surface area (Å²) in [5, 5.41) is 0. The summed E-state index contributed by atoms with van der Waals surface area (Å²) in [7, 11) is -3.51. The van der Waals surface area contributed by atoms with Crippen LogP contribution in [0.2, 0.25) is 0 Å². The van der Waals surface area contributed by atoms with Crippen LogP contribution in [0.15, 0.2) is 23.1 Å². The van der Waals surface area contributed by atoms with Gasteiger partial charge in [0.05, 0.1) is 11.4 Å². The van der Waals surface area contributed by atoms with Crippen LogP contribution in [0.3, 0.4) is 0 Å². The highest BCUT2D eigenvalue weighted by molar-refractivity contribution is 7.89. The molecule has 2 heterocycles. The molecule has 3 rings (SSSR count). The zero-order chi connectivity index (χ0) is 19.6. The molecule has 150 valence electrons. The second kappa shape index (κ2) is 8.29. The number of hydrogen-bond acceptors (Lipinski definition) is 4. The van der Waals surface area contributed by atoms with Crippen LogP contribution in [0.1, 0.15) is 30.9 Å². The van der Waals surface area contributed by atoms with Gasteiger partial charge in [-0.2, -0.15) is 4.31 Å². The molecule has 27 heavy (non-hydrogen) atoms. The van der Waals surface area contributed by atoms with Crippen LogP contribution in [0, 0.1) is 19.8 Å². The van der Waals surface area contributed by atoms with E-state index in [0.29, 0.717) is 43.5 Å². The predicted octanol–water partition coefficient (Wildman–Crippen LogP) is 1.87. The molecule has 0 spiro atoms. The molecule has 2 aliphatic heterocycles. The van der Waals surface area contributed by atoms with E-state index in [9.17, 15) is 13.2 Å². The van der Waals surface area contributed by atoms with Crippen molar-refractivity contribution in [2.45, 2.75) is 38.5 Å². The number of piperazine rings is 1. The minimum absolute atomic E-state index is 0.118. The van der Waals surface area contributed by atoms with Gasteiger partial charge in [0, 0.05) is 32.7 Å². The third-order valence-corrected chi connectivity index (χ3v) is 7.69. The van der Waals surface area contributed by atoms with E-state index in [4.69, 9.17) is 0 Å². The van der Waals surface area contributed by atoms with E-state index in [1.165, 1.54) is 10.7 Å². The van der Waals surface area contributed by atoms with Crippen LogP contribution < -0.4 is 0 Å². The third kappa shape index (κ3) is 4.70. The number of sulfonamides is 1. The van der Waals surface area contributed by atoms with Crippen molar-refractivity contribution >= 4 is 15.9 Å². The number of carbonyl (C=O) groups is 1. The van der Waals surface area contributed by atoms with E-state index < -0.39 is 10.0 Å². The van der Waals surface area contributed by atoms with Gasteiger partial charge in [-0.05, 0) is 56.3 Å². The Morgan fingerprint density at radius 2 is 1.81 bits per heavy atom. The van der Waals surface area contributed by atoms with Crippen molar-refractivity contribution < 1.29 is 13.2 Å². The Hall–Kier alpha value is -1.44. The molecule has 0 aromatic heterocycles. The maximum atomic E-state index is 13.0. The molecular formula is C20H31N3O3S. The SMILES string of the molecule is Cc1ccc(C)c(S(=O)(=O)N2CCN(C(=O)CN3CCC[C@H](C)C3)CC2)c1. The zero-order valence-corrected chi connectivity index (χ0v) is 17.5. The summed E-state index contributed by atoms with van der Waals surface area (Å²) in [4.78, 5) is 17.0. The number of hydrogen-bond donors (Lipinski definition) is 0. The maximum absolute atomic E-state index is 13.0. The molecule has 2 saturated heterocycles. The first kappa shape index (κ1) is 20.3. The Morgan fingerprint density at radius 1 is 1.11 bits per heavy atom. The van der Waals surface area contributed by atoms with E-state index >= 15 is 0 Å². The fourth-order valence-electron chi connectivity index (χ4n) is 4.02. The average Bonchev–Trinajstić information content (AvgIpc) is 2.63. The molecule has 6 nitrogen and oxygen atoms in total. The van der Waals surface area contributed by atoms with Gasteiger partial charge < -0.3 is 4.90 Å². The number of likely N-dealkylation sites (tertiary alicyclic amines) is 1. The van der Waals surface area contributed by atoms with Crippen LogP contribution in [0.5, 0.6) is 0 Å². The van der Waals surface area contributed by atoms with Gasteiger partial charge in [-0.3, -0.25) is 9.69 Å². The second-order valence-electron chi connectivity index (χ2n) is 8.04. The number of benzene rings is 1. The quantitative estimate of drug-likeness (QED) is 0.784. The summed E-state index contributed by atoms with van der Waals surface area (Å²) in [5.41, 5.74) is 1.70. The fourth-order valence-corrected chi connectivity index (χ4v) is 5.76. The molecule has 2 aliphatic rings. The lowest BCUT2D eigenvalue weighted by atomic mass is 10.0. The van der Waals surface area contributed by atoms with Crippen molar-refractivity contribution in [2.75, 3.05) is 45.8 Å². The molecule has 0 unspecified atom stereocenters. The molecule has 1 amide bonds. The zero-order valence-electron chi connectivity index (χ0n) is 16.6. The van der Waals surface area contributed by atoms with Crippen molar-refractivity contribution in [1.29, 1.82) is 0 Å². The minimum Gasteiger partial charge on any atom is -0.339 e. The number of aryl methyl sites for hydroxylation is 2. The van der Waals surface area contributed by atoms with Crippen molar-refractivity contribution in [3.8, 4) is 0 Å². The highest BCUT2D eigenvalue weighted by Gasteiger charge is 2.31. The largest absolute Gasteiger partial charge is 0.339 e. The minimum atomic E-state index is -3.51. The number of piperidine rings is 1. The summed E-state index contributed by atoms with van der Waals surface area (Å²) < 4.78 is 27.5. The standard InChI is InChI=1S/C20H31N3O3S/c1-16-6-7-18(3)19(13-16)27(25,26)23-11-9-22(10-12-23)20(24)15-21-8-4-5-17(2)14-21/h6-7,13,17H,4-5,8-12,14-15H2,1-3H3/t17-/m0/s1. The molecule has 0 bridgehead atoms. The Kier molecular flexibility index (Phi) is 6.23. The number of amides is 1. The first-order chi connectivity index (χ1) is 12.8. The van der Waals surface area contributed by atoms with Crippen molar-refractivity contribution in [3.05, 3.63) is 29.3 Å². The van der Waals surface area contributed by atoms with Crippen LogP contribution >= 0.6 is 0 Å². The smallest absolute Gasteiger partial charge is 0.243 e. The van der Waals surface area contributed by atoms with Gasteiger partial charge in [-0.1, -0.05) is 19.1 Å². The second-order valence-corrected chi connectivity index (χ2v) is 9.94. The van der Waals surface area contributed by atoms with Gasteiger partial charge in [0.1, 0.15) is 0 Å². The van der Waals surface area contributed by atoms with Crippen molar-refractivity contribution in [2.24, 2.45) is 5.92 Å². The number of nitrogens with zero attached hydrogens (tertiary/aromatic N) is 3. The van der Waals surface area contributed by atoms with Crippen LogP contribution in [0.4, 0.5) is 0 Å². The highest BCUT2D eigenvalue weighted by Crippen LogP contribution is 2.22. The van der Waals surface area contributed by atoms with E-state index in [0.717, 1.165) is 30.6 Å². The molecule has 2 fully saturated rings. The van der Waals surface area contributed by atoms with E-state index in [1.54, 1.807) is 6.07 Å². The molecule has 0 saturated carbocycles. The third-order valence-electron chi connectivity index (χ3n) is 5.65. The van der Waals surface area contributed by atoms with Gasteiger partial charge >= 0.3 is 0 Å². The molecule has 7 heteroatoms.